The Morgan fingerprint density at radius 3 is 1.86 bits per heavy atom. The van der Waals surface area contributed by atoms with Crippen LogP contribution in [-0.4, -0.2) is 17.2 Å². The van der Waals surface area contributed by atoms with Gasteiger partial charge in [0, 0.05) is 7.05 Å². The average Bonchev–Trinajstić information content (AvgIpc) is 1.36. The summed E-state index contributed by atoms with van der Waals surface area (Å²) < 4.78 is 0. The van der Waals surface area contributed by atoms with Crippen molar-refractivity contribution in [3.63, 3.8) is 0 Å². The maximum atomic E-state index is 5.00. The Labute approximate surface area is 65.0 Å². The lowest BCUT2D eigenvalue weighted by molar-refractivity contribution is 0.543. The van der Waals surface area contributed by atoms with Crippen molar-refractivity contribution in [2.75, 3.05) is 7.05 Å². The van der Waals surface area contributed by atoms with E-state index < -0.39 is 0 Å². The molecule has 0 unspecified atom stereocenters. The fourth-order valence-corrected chi connectivity index (χ4v) is 0. The van der Waals surface area contributed by atoms with Crippen LogP contribution in [0.2, 0.25) is 0 Å². The number of hydrazine groups is 1. The van der Waals surface area contributed by atoms with Crippen LogP contribution >= 0.6 is 36.2 Å². The molecule has 0 rings (SSSR count). The molecule has 0 fully saturated rings. The van der Waals surface area contributed by atoms with E-state index in [0.717, 1.165) is 0 Å². The van der Waals surface area contributed by atoms with Crippen molar-refractivity contribution in [2.45, 2.75) is 0 Å². The van der Waals surface area contributed by atoms with Gasteiger partial charge in [-0.2, -0.15) is 0 Å². The minimum Gasteiger partial charge on any atom is -0.375 e. The summed E-state index contributed by atoms with van der Waals surface area (Å²) in [5, 5.41) is 1.38. The van der Waals surface area contributed by atoms with E-state index in [1.54, 1.807) is 7.05 Å². The van der Waals surface area contributed by atoms with Crippen molar-refractivity contribution in [2.24, 2.45) is 11.6 Å². The molecule has 0 aromatic rings. The van der Waals surface area contributed by atoms with Gasteiger partial charge in [0.2, 0.25) is 0 Å². The second-order valence-corrected chi connectivity index (χ2v) is 1.37. The van der Waals surface area contributed by atoms with Crippen LogP contribution in [0.25, 0.3) is 0 Å². The molecule has 0 bridgehead atoms. The molecule has 0 heterocycles. The van der Waals surface area contributed by atoms with E-state index in [1.807, 2.05) is 0 Å². The number of nitrogens with two attached hydrogens (primary N) is 2. The Balaban J connectivity index is 0. The maximum Gasteiger partial charge on any atom is 0.180 e. The third-order valence-corrected chi connectivity index (χ3v) is 0.636. The van der Waals surface area contributed by atoms with Crippen LogP contribution in [0, 0.1) is 0 Å². The van der Waals surface area contributed by atoms with Crippen molar-refractivity contribution < 1.29 is 0 Å². The van der Waals surface area contributed by atoms with Crippen molar-refractivity contribution in [3.8, 4) is 0 Å². The Morgan fingerprint density at radius 2 is 1.86 bits per heavy atom. The highest BCUT2D eigenvalue weighted by molar-refractivity contribution is 14.0. The number of hydrogen-bond donors (Lipinski definition) is 2. The molecule has 3 nitrogen and oxygen atoms in total. The van der Waals surface area contributed by atoms with Crippen LogP contribution in [0.1, 0.15) is 0 Å². The Morgan fingerprint density at radius 1 is 1.71 bits per heavy atom. The molecule has 0 atom stereocenters. The molecule has 0 aromatic heterocycles. The summed E-state index contributed by atoms with van der Waals surface area (Å²) in [7, 11) is 1.59. The van der Waals surface area contributed by atoms with E-state index in [9.17, 15) is 0 Å². The van der Waals surface area contributed by atoms with E-state index in [-0.39, 0.29) is 29.1 Å². The first-order valence-corrected chi connectivity index (χ1v) is 1.83. The number of thiocarbonyl (C=S) groups is 1. The number of halogens is 1. The van der Waals surface area contributed by atoms with Gasteiger partial charge in [0.15, 0.2) is 5.11 Å². The monoisotopic (exact) mass is 233 g/mol. The molecule has 0 aromatic carbocycles. The van der Waals surface area contributed by atoms with Gasteiger partial charge in [-0.3, -0.25) is 5.01 Å². The summed E-state index contributed by atoms with van der Waals surface area (Å²) in [6.45, 7) is 0. The maximum absolute atomic E-state index is 5.00. The fourth-order valence-electron chi connectivity index (χ4n) is 0. The lowest BCUT2D eigenvalue weighted by atomic mass is 11.0. The van der Waals surface area contributed by atoms with Gasteiger partial charge < -0.3 is 5.73 Å². The minimum absolute atomic E-state index is 0. The van der Waals surface area contributed by atoms with E-state index >= 15 is 0 Å². The molecule has 0 amide bonds. The zero-order valence-electron chi connectivity index (χ0n) is 3.92. The zero-order valence-corrected chi connectivity index (χ0v) is 7.07. The summed E-state index contributed by atoms with van der Waals surface area (Å²) in [4.78, 5) is 0. The Hall–Kier alpha value is 0.380. The van der Waals surface area contributed by atoms with E-state index in [2.05, 4.69) is 12.2 Å². The summed E-state index contributed by atoms with van der Waals surface area (Å²) >= 11 is 4.40. The molecule has 0 saturated carbocycles. The summed E-state index contributed by atoms with van der Waals surface area (Å²) in [6, 6.07) is 0. The van der Waals surface area contributed by atoms with Crippen LogP contribution in [0.3, 0.4) is 0 Å². The minimum atomic E-state index is 0. The third-order valence-electron chi connectivity index (χ3n) is 0.348. The fraction of sp³-hybridized carbons (Fsp3) is 0.500. The smallest absolute Gasteiger partial charge is 0.180 e. The van der Waals surface area contributed by atoms with Gasteiger partial charge in [0.1, 0.15) is 0 Å². The second kappa shape index (κ2) is 4.54. The standard InChI is InChI=1S/C2H7N3S.HI/c1-5(4)2(3)6;/h4H2,1H3,(H2,3,6);1H. The van der Waals surface area contributed by atoms with Gasteiger partial charge in [-0.25, -0.2) is 5.84 Å². The summed E-state index contributed by atoms with van der Waals surface area (Å²) in [6.07, 6.45) is 0. The predicted octanol–water partition coefficient (Wildman–Crippen LogP) is -0.346. The third kappa shape index (κ3) is 6.38. The SMILES string of the molecule is CN(N)C(N)=S.I. The quantitative estimate of drug-likeness (QED) is 0.260. The zero-order chi connectivity index (χ0) is 5.15. The van der Waals surface area contributed by atoms with Gasteiger partial charge in [-0.1, -0.05) is 0 Å². The number of hydrogen-bond acceptors (Lipinski definition) is 2. The topological polar surface area (TPSA) is 55.3 Å². The summed E-state index contributed by atoms with van der Waals surface area (Å²) in [5.74, 6) is 5.00. The largest absolute Gasteiger partial charge is 0.375 e. The van der Waals surface area contributed by atoms with Crippen molar-refractivity contribution >= 4 is 41.3 Å². The van der Waals surface area contributed by atoms with E-state index in [0.29, 0.717) is 0 Å². The lowest BCUT2D eigenvalue weighted by Crippen LogP contribution is -2.37. The van der Waals surface area contributed by atoms with Crippen molar-refractivity contribution in [1.82, 2.24) is 5.01 Å². The van der Waals surface area contributed by atoms with Crippen LogP contribution in [0.4, 0.5) is 0 Å². The molecule has 0 spiro atoms. The first-order chi connectivity index (χ1) is 2.64. The van der Waals surface area contributed by atoms with Gasteiger partial charge in [0.05, 0.1) is 0 Å². The van der Waals surface area contributed by atoms with Crippen LogP contribution < -0.4 is 11.6 Å². The molecule has 5 heteroatoms. The molecule has 7 heavy (non-hydrogen) atoms. The molecule has 0 aliphatic rings. The van der Waals surface area contributed by atoms with Crippen molar-refractivity contribution in [1.29, 1.82) is 0 Å². The number of nitrogens with zero attached hydrogens (tertiary/aromatic N) is 1. The molecule has 44 valence electrons. The molecular weight excluding hydrogens is 225 g/mol. The number of rotatable bonds is 0. The Kier molecular flexibility index (Phi) is 6.73. The van der Waals surface area contributed by atoms with Crippen LogP contribution in [0.15, 0.2) is 0 Å². The predicted molar refractivity (Wildman–Crippen MR) is 44.2 cm³/mol. The van der Waals surface area contributed by atoms with Crippen LogP contribution in [0.5, 0.6) is 0 Å². The normalized spacial score (nSPS) is 6.57. The first-order valence-electron chi connectivity index (χ1n) is 1.42. The molecular formula is C2H8IN3S. The van der Waals surface area contributed by atoms with Gasteiger partial charge in [-0.05, 0) is 12.2 Å². The van der Waals surface area contributed by atoms with E-state index in [4.69, 9.17) is 11.6 Å². The van der Waals surface area contributed by atoms with E-state index in [1.165, 1.54) is 5.01 Å². The first kappa shape index (κ1) is 10.4. The van der Waals surface area contributed by atoms with Gasteiger partial charge >= 0.3 is 0 Å². The van der Waals surface area contributed by atoms with Gasteiger partial charge in [0.25, 0.3) is 0 Å². The highest BCUT2D eigenvalue weighted by atomic mass is 127. The molecule has 0 aliphatic carbocycles. The molecule has 0 aliphatic heterocycles. The lowest BCUT2D eigenvalue weighted by Gasteiger charge is -2.05. The molecule has 0 radical (unpaired) electrons. The Bertz CT molecular complexity index is 64.0. The highest BCUT2D eigenvalue weighted by Gasteiger charge is 1.83. The molecule has 4 N–H and O–H groups in total. The second-order valence-electron chi connectivity index (χ2n) is 0.949. The van der Waals surface area contributed by atoms with Crippen LogP contribution in [-0.2, 0) is 0 Å². The van der Waals surface area contributed by atoms with Gasteiger partial charge in [-0.15, -0.1) is 24.0 Å². The average molecular weight is 233 g/mol. The summed E-state index contributed by atoms with van der Waals surface area (Å²) in [5.41, 5.74) is 4.97. The molecule has 0 saturated heterocycles. The highest BCUT2D eigenvalue weighted by Crippen LogP contribution is 1.62. The van der Waals surface area contributed by atoms with Crippen molar-refractivity contribution in [3.05, 3.63) is 0 Å².